The quantitative estimate of drug-likeness (QED) is 0.528. The molecule has 0 saturated heterocycles. The average Bonchev–Trinajstić information content (AvgIpc) is 3.02. The molecule has 1 amide bonds. The van der Waals surface area contributed by atoms with Crippen LogP contribution in [0.25, 0.3) is 0 Å². The van der Waals surface area contributed by atoms with Crippen molar-refractivity contribution in [3.63, 3.8) is 0 Å². The summed E-state index contributed by atoms with van der Waals surface area (Å²) in [7, 11) is 0. The van der Waals surface area contributed by atoms with Gasteiger partial charge in [-0.05, 0) is 0 Å². The molecule has 2 heterocycles. The zero-order valence-corrected chi connectivity index (χ0v) is 14.1. The number of primary amides is 1. The van der Waals surface area contributed by atoms with Crippen LogP contribution in [0.5, 0.6) is 0 Å². The van der Waals surface area contributed by atoms with Gasteiger partial charge in [-0.15, -0.1) is 0 Å². The van der Waals surface area contributed by atoms with E-state index < -0.39 is 41.3 Å². The third-order valence-electron chi connectivity index (χ3n) is 3.49. The van der Waals surface area contributed by atoms with E-state index in [1.807, 2.05) is 0 Å². The molecule has 28 heavy (non-hydrogen) atoms. The normalized spacial score (nSPS) is 10.7. The van der Waals surface area contributed by atoms with Gasteiger partial charge in [0.2, 0.25) is 11.9 Å². The third kappa shape index (κ3) is 4.52. The van der Waals surface area contributed by atoms with Crippen LogP contribution in [0.2, 0.25) is 0 Å². The molecule has 0 atom stereocenters. The first-order valence-electron chi connectivity index (χ1n) is 7.79. The van der Waals surface area contributed by atoms with Gasteiger partial charge < -0.3 is 16.4 Å². The highest BCUT2D eigenvalue weighted by Gasteiger charge is 2.14. The standard InChI is InChI=1S/C16H13F4N7O/c17-8-1-11(18)10(12(19)2-8)4-22-15-13(20)5-23-16(26-15)25-9-3-24-27(6-9)7-14(21)28/h1-3,5-6H,4,7H2,(H2,21,28)(H2,22,23,25,26). The Hall–Kier alpha value is -3.70. The predicted molar refractivity (Wildman–Crippen MR) is 90.3 cm³/mol. The van der Waals surface area contributed by atoms with Crippen LogP contribution in [0.4, 0.5) is 35.0 Å². The summed E-state index contributed by atoms with van der Waals surface area (Å²) in [4.78, 5) is 18.5. The fourth-order valence-electron chi connectivity index (χ4n) is 2.27. The number of rotatable bonds is 7. The topological polar surface area (TPSA) is 111 Å². The van der Waals surface area contributed by atoms with E-state index in [2.05, 4.69) is 25.7 Å². The summed E-state index contributed by atoms with van der Waals surface area (Å²) in [6, 6.07) is 1.04. The van der Waals surface area contributed by atoms with Crippen LogP contribution < -0.4 is 16.4 Å². The molecule has 0 fully saturated rings. The number of aromatic nitrogens is 4. The van der Waals surface area contributed by atoms with Gasteiger partial charge in [-0.2, -0.15) is 10.1 Å². The number of carbonyl (C=O) groups is 1. The minimum absolute atomic E-state index is 0.0393. The van der Waals surface area contributed by atoms with Gasteiger partial charge in [0.25, 0.3) is 0 Å². The lowest BCUT2D eigenvalue weighted by atomic mass is 10.2. The number of nitrogens with two attached hydrogens (primary N) is 1. The maximum absolute atomic E-state index is 13.9. The van der Waals surface area contributed by atoms with E-state index in [1.54, 1.807) is 0 Å². The average molecular weight is 395 g/mol. The highest BCUT2D eigenvalue weighted by molar-refractivity contribution is 5.73. The van der Waals surface area contributed by atoms with Crippen LogP contribution in [-0.2, 0) is 17.9 Å². The molecule has 3 aromatic rings. The van der Waals surface area contributed by atoms with Gasteiger partial charge in [0.05, 0.1) is 18.1 Å². The number of hydrogen-bond acceptors (Lipinski definition) is 6. The van der Waals surface area contributed by atoms with Gasteiger partial charge in [0, 0.05) is 30.4 Å². The van der Waals surface area contributed by atoms with E-state index in [1.165, 1.54) is 17.1 Å². The zero-order chi connectivity index (χ0) is 20.3. The van der Waals surface area contributed by atoms with Crippen LogP contribution in [0.1, 0.15) is 5.56 Å². The Morgan fingerprint density at radius 1 is 1.11 bits per heavy atom. The molecule has 4 N–H and O–H groups in total. The lowest BCUT2D eigenvalue weighted by Gasteiger charge is -2.10. The zero-order valence-electron chi connectivity index (χ0n) is 14.1. The summed E-state index contributed by atoms with van der Waals surface area (Å²) < 4.78 is 55.5. The first-order valence-corrected chi connectivity index (χ1v) is 7.79. The lowest BCUT2D eigenvalue weighted by Crippen LogP contribution is -2.18. The predicted octanol–water partition coefficient (Wildman–Crippen LogP) is 2.07. The first-order chi connectivity index (χ1) is 13.3. The van der Waals surface area contributed by atoms with Crippen molar-refractivity contribution in [1.82, 2.24) is 19.7 Å². The molecule has 0 aliphatic carbocycles. The van der Waals surface area contributed by atoms with Crippen molar-refractivity contribution in [2.24, 2.45) is 5.73 Å². The van der Waals surface area contributed by atoms with E-state index >= 15 is 0 Å². The number of carbonyl (C=O) groups excluding carboxylic acids is 1. The number of anilines is 3. The summed E-state index contributed by atoms with van der Waals surface area (Å²) in [6.07, 6.45) is 3.67. The molecule has 146 valence electrons. The fourth-order valence-corrected chi connectivity index (χ4v) is 2.27. The van der Waals surface area contributed by atoms with Gasteiger partial charge in [-0.25, -0.2) is 22.5 Å². The van der Waals surface area contributed by atoms with Gasteiger partial charge in [-0.3, -0.25) is 9.48 Å². The monoisotopic (exact) mass is 395 g/mol. The van der Waals surface area contributed by atoms with E-state index in [-0.39, 0.29) is 18.3 Å². The molecule has 0 radical (unpaired) electrons. The van der Waals surface area contributed by atoms with Gasteiger partial charge >= 0.3 is 0 Å². The second-order valence-electron chi connectivity index (χ2n) is 5.61. The molecule has 0 saturated carbocycles. The van der Waals surface area contributed by atoms with E-state index in [0.29, 0.717) is 17.8 Å². The smallest absolute Gasteiger partial charge is 0.239 e. The van der Waals surface area contributed by atoms with Crippen LogP contribution in [0.15, 0.2) is 30.7 Å². The molecule has 0 aliphatic heterocycles. The minimum atomic E-state index is -1.11. The maximum Gasteiger partial charge on any atom is 0.239 e. The minimum Gasteiger partial charge on any atom is -0.368 e. The molecule has 0 spiro atoms. The van der Waals surface area contributed by atoms with E-state index in [0.717, 1.165) is 6.20 Å². The van der Waals surface area contributed by atoms with Gasteiger partial charge in [0.15, 0.2) is 11.6 Å². The maximum atomic E-state index is 13.9. The first kappa shape index (κ1) is 19.1. The van der Waals surface area contributed by atoms with Crippen molar-refractivity contribution in [1.29, 1.82) is 0 Å². The molecule has 0 unspecified atom stereocenters. The Kier molecular flexibility index (Phi) is 5.38. The van der Waals surface area contributed by atoms with Crippen LogP contribution in [-0.4, -0.2) is 25.7 Å². The van der Waals surface area contributed by atoms with Crippen LogP contribution >= 0.6 is 0 Å². The Balaban J connectivity index is 1.73. The van der Waals surface area contributed by atoms with E-state index in [9.17, 15) is 22.4 Å². The second kappa shape index (κ2) is 7.90. The summed E-state index contributed by atoms with van der Waals surface area (Å²) in [5.74, 6) is -5.10. The molecular weight excluding hydrogens is 382 g/mol. The van der Waals surface area contributed by atoms with Crippen LogP contribution in [0.3, 0.4) is 0 Å². The summed E-state index contributed by atoms with van der Waals surface area (Å²) >= 11 is 0. The number of hydrogen-bond donors (Lipinski definition) is 3. The Bertz CT molecular complexity index is 1000. The van der Waals surface area contributed by atoms with Crippen molar-refractivity contribution in [2.45, 2.75) is 13.1 Å². The molecule has 3 rings (SSSR count). The molecule has 0 bridgehead atoms. The lowest BCUT2D eigenvalue weighted by molar-refractivity contribution is -0.118. The van der Waals surface area contributed by atoms with Gasteiger partial charge in [-0.1, -0.05) is 0 Å². The highest BCUT2D eigenvalue weighted by Crippen LogP contribution is 2.19. The molecule has 1 aromatic carbocycles. The fraction of sp³-hybridized carbons (Fsp3) is 0.125. The Morgan fingerprint density at radius 2 is 1.82 bits per heavy atom. The molecule has 0 aliphatic rings. The number of amides is 1. The van der Waals surface area contributed by atoms with Crippen molar-refractivity contribution < 1.29 is 22.4 Å². The molecule has 2 aromatic heterocycles. The van der Waals surface area contributed by atoms with E-state index in [4.69, 9.17) is 5.73 Å². The summed E-state index contributed by atoms with van der Waals surface area (Å²) in [5, 5.41) is 9.06. The number of nitrogens with one attached hydrogen (secondary N) is 2. The van der Waals surface area contributed by atoms with Crippen molar-refractivity contribution in [3.8, 4) is 0 Å². The molecular formula is C16H13F4N7O. The van der Waals surface area contributed by atoms with Crippen LogP contribution in [0, 0.1) is 23.3 Å². The largest absolute Gasteiger partial charge is 0.368 e. The number of nitrogens with zero attached hydrogens (tertiary/aromatic N) is 4. The Morgan fingerprint density at radius 3 is 2.50 bits per heavy atom. The molecule has 12 heteroatoms. The summed E-state index contributed by atoms with van der Waals surface area (Å²) in [6.45, 7) is -0.602. The SMILES string of the molecule is NC(=O)Cn1cc(Nc2ncc(F)c(NCc3c(F)cc(F)cc3F)n2)cn1. The summed E-state index contributed by atoms with van der Waals surface area (Å²) in [5.41, 5.74) is 4.99. The van der Waals surface area contributed by atoms with Crippen molar-refractivity contribution in [2.75, 3.05) is 10.6 Å². The van der Waals surface area contributed by atoms with Crippen molar-refractivity contribution >= 4 is 23.4 Å². The number of halogens is 4. The third-order valence-corrected chi connectivity index (χ3v) is 3.49. The molecule has 8 nitrogen and oxygen atoms in total. The Labute approximate surface area is 155 Å². The second-order valence-corrected chi connectivity index (χ2v) is 5.61. The highest BCUT2D eigenvalue weighted by atomic mass is 19.1. The van der Waals surface area contributed by atoms with Gasteiger partial charge in [0.1, 0.15) is 24.0 Å². The number of benzene rings is 1. The van der Waals surface area contributed by atoms with Crippen molar-refractivity contribution in [3.05, 3.63) is 59.6 Å².